The lowest BCUT2D eigenvalue weighted by atomic mass is 9.94. The van der Waals surface area contributed by atoms with E-state index < -0.39 is 0 Å². The summed E-state index contributed by atoms with van der Waals surface area (Å²) < 4.78 is 0. The Morgan fingerprint density at radius 1 is 1.05 bits per heavy atom. The van der Waals surface area contributed by atoms with Gasteiger partial charge in [0.2, 0.25) is 0 Å². The number of hydrogen-bond donors (Lipinski definition) is 1. The molecule has 2 fully saturated rings. The molecule has 0 amide bonds. The van der Waals surface area contributed by atoms with E-state index in [-0.39, 0.29) is 0 Å². The highest BCUT2D eigenvalue weighted by atomic mass is 14.9. The molecule has 1 heteroatoms. The van der Waals surface area contributed by atoms with Crippen molar-refractivity contribution in [3.8, 4) is 0 Å². The first-order chi connectivity index (χ1) is 10.4. The van der Waals surface area contributed by atoms with Crippen LogP contribution < -0.4 is 5.32 Å². The van der Waals surface area contributed by atoms with Crippen molar-refractivity contribution in [2.24, 2.45) is 17.8 Å². The van der Waals surface area contributed by atoms with E-state index in [1.807, 2.05) is 0 Å². The Morgan fingerprint density at radius 3 is 2.57 bits per heavy atom. The molecule has 0 saturated heterocycles. The maximum Gasteiger partial charge on any atom is 0.0354 e. The first-order valence-electron chi connectivity index (χ1n) is 8.60. The molecular formula is C20H25N. The highest BCUT2D eigenvalue weighted by Crippen LogP contribution is 2.62. The van der Waals surface area contributed by atoms with Crippen molar-refractivity contribution in [1.29, 1.82) is 0 Å². The smallest absolute Gasteiger partial charge is 0.0354 e. The number of benzene rings is 2. The van der Waals surface area contributed by atoms with Gasteiger partial charge in [0.05, 0.1) is 0 Å². The zero-order valence-electron chi connectivity index (χ0n) is 12.9. The maximum absolute atomic E-state index is 3.84. The van der Waals surface area contributed by atoms with Crippen LogP contribution in [0.5, 0.6) is 0 Å². The Bertz CT molecular complexity index is 623. The second-order valence-corrected chi connectivity index (χ2v) is 6.87. The lowest BCUT2D eigenvalue weighted by Crippen LogP contribution is -2.25. The monoisotopic (exact) mass is 279 g/mol. The minimum Gasteiger partial charge on any atom is -0.310 e. The average Bonchev–Trinajstić information content (AvgIpc) is 2.99. The Labute approximate surface area is 127 Å². The predicted octanol–water partition coefficient (Wildman–Crippen LogP) is 4.93. The van der Waals surface area contributed by atoms with Gasteiger partial charge in [0.15, 0.2) is 0 Å². The molecule has 2 aliphatic carbocycles. The van der Waals surface area contributed by atoms with Crippen LogP contribution in [0.3, 0.4) is 0 Å². The highest BCUT2D eigenvalue weighted by molar-refractivity contribution is 5.83. The Kier molecular flexibility index (Phi) is 3.46. The van der Waals surface area contributed by atoms with Crippen LogP contribution >= 0.6 is 0 Å². The molecule has 1 nitrogen and oxygen atoms in total. The summed E-state index contributed by atoms with van der Waals surface area (Å²) in [5, 5.41) is 6.57. The second-order valence-electron chi connectivity index (χ2n) is 6.87. The second kappa shape index (κ2) is 5.46. The number of fused-ring (bicyclic) bond motifs is 2. The lowest BCUT2D eigenvalue weighted by Gasteiger charge is -2.21. The number of hydrogen-bond acceptors (Lipinski definition) is 1. The van der Waals surface area contributed by atoms with Crippen molar-refractivity contribution in [3.05, 3.63) is 48.0 Å². The van der Waals surface area contributed by atoms with E-state index in [4.69, 9.17) is 0 Å². The molecule has 3 unspecified atom stereocenters. The van der Waals surface area contributed by atoms with Gasteiger partial charge in [0.1, 0.15) is 0 Å². The molecule has 2 aromatic carbocycles. The summed E-state index contributed by atoms with van der Waals surface area (Å²) in [6.45, 7) is 3.39. The van der Waals surface area contributed by atoms with Crippen molar-refractivity contribution in [2.45, 2.75) is 38.6 Å². The first kappa shape index (κ1) is 13.3. The lowest BCUT2D eigenvalue weighted by molar-refractivity contribution is 0.418. The van der Waals surface area contributed by atoms with Crippen molar-refractivity contribution in [3.63, 3.8) is 0 Å². The molecule has 3 atom stereocenters. The van der Waals surface area contributed by atoms with Gasteiger partial charge in [-0.3, -0.25) is 0 Å². The Hall–Kier alpha value is -1.34. The predicted molar refractivity (Wildman–Crippen MR) is 89.3 cm³/mol. The van der Waals surface area contributed by atoms with Crippen LogP contribution in [0.1, 0.15) is 44.2 Å². The van der Waals surface area contributed by atoms with Crippen LogP contribution in [-0.4, -0.2) is 6.54 Å². The van der Waals surface area contributed by atoms with Gasteiger partial charge in [-0.2, -0.15) is 0 Å². The number of nitrogens with one attached hydrogen (secondary N) is 1. The Morgan fingerprint density at radius 2 is 1.81 bits per heavy atom. The average molecular weight is 279 g/mol. The van der Waals surface area contributed by atoms with Gasteiger partial charge in [0, 0.05) is 6.04 Å². The van der Waals surface area contributed by atoms with Gasteiger partial charge in [0.25, 0.3) is 0 Å². The van der Waals surface area contributed by atoms with Crippen molar-refractivity contribution < 1.29 is 0 Å². The Balaban J connectivity index is 1.64. The summed E-state index contributed by atoms with van der Waals surface area (Å²) in [6.07, 6.45) is 5.61. The van der Waals surface area contributed by atoms with Gasteiger partial charge < -0.3 is 5.32 Å². The van der Waals surface area contributed by atoms with E-state index in [2.05, 4.69) is 54.7 Å². The quantitative estimate of drug-likeness (QED) is 0.818. The fourth-order valence-corrected chi connectivity index (χ4v) is 4.55. The summed E-state index contributed by atoms with van der Waals surface area (Å²) in [4.78, 5) is 0. The molecule has 1 N–H and O–H groups in total. The molecule has 0 aromatic heterocycles. The summed E-state index contributed by atoms with van der Waals surface area (Å²) >= 11 is 0. The van der Waals surface area contributed by atoms with Crippen LogP contribution in [0.25, 0.3) is 10.8 Å². The van der Waals surface area contributed by atoms with Gasteiger partial charge in [-0.05, 0) is 66.0 Å². The molecule has 0 spiro atoms. The molecule has 4 rings (SSSR count). The normalized spacial score (nSPS) is 28.5. The van der Waals surface area contributed by atoms with E-state index >= 15 is 0 Å². The minimum atomic E-state index is 0.574. The van der Waals surface area contributed by atoms with Crippen LogP contribution in [0.15, 0.2) is 42.5 Å². The fraction of sp³-hybridized carbons (Fsp3) is 0.500. The van der Waals surface area contributed by atoms with Gasteiger partial charge >= 0.3 is 0 Å². The van der Waals surface area contributed by atoms with Crippen LogP contribution in [0.2, 0.25) is 0 Å². The van der Waals surface area contributed by atoms with Crippen molar-refractivity contribution >= 4 is 10.8 Å². The standard InChI is InChI=1S/C20H25N/c1-2-12-21-20(19-17-8-5-9-18(17)19)16-11-10-14-6-3-4-7-15(14)13-16/h3-4,6-7,10-11,13,17-21H,2,5,8-9,12H2,1H3. The van der Waals surface area contributed by atoms with Crippen molar-refractivity contribution in [1.82, 2.24) is 5.32 Å². The van der Waals surface area contributed by atoms with Gasteiger partial charge in [-0.15, -0.1) is 0 Å². The third-order valence-corrected chi connectivity index (χ3v) is 5.60. The van der Waals surface area contributed by atoms with Gasteiger partial charge in [-0.1, -0.05) is 49.7 Å². The molecule has 0 radical (unpaired) electrons. The topological polar surface area (TPSA) is 12.0 Å². The molecule has 0 aliphatic heterocycles. The van der Waals surface area contributed by atoms with Gasteiger partial charge in [-0.25, -0.2) is 0 Å². The van der Waals surface area contributed by atoms with E-state index in [9.17, 15) is 0 Å². The first-order valence-corrected chi connectivity index (χ1v) is 8.60. The highest BCUT2D eigenvalue weighted by Gasteiger charge is 2.55. The van der Waals surface area contributed by atoms with E-state index in [1.165, 1.54) is 42.0 Å². The number of rotatable bonds is 5. The van der Waals surface area contributed by atoms with Crippen LogP contribution in [-0.2, 0) is 0 Å². The molecular weight excluding hydrogens is 254 g/mol. The summed E-state index contributed by atoms with van der Waals surface area (Å²) in [5.41, 5.74) is 1.50. The van der Waals surface area contributed by atoms with E-state index in [1.54, 1.807) is 0 Å². The fourth-order valence-electron chi connectivity index (χ4n) is 4.55. The summed E-state index contributed by atoms with van der Waals surface area (Å²) in [5.74, 6) is 2.91. The van der Waals surface area contributed by atoms with E-state index in [0.29, 0.717) is 6.04 Å². The zero-order chi connectivity index (χ0) is 14.2. The molecule has 110 valence electrons. The van der Waals surface area contributed by atoms with Crippen LogP contribution in [0, 0.1) is 17.8 Å². The molecule has 2 aliphatic rings. The molecule has 21 heavy (non-hydrogen) atoms. The third-order valence-electron chi connectivity index (χ3n) is 5.60. The molecule has 2 saturated carbocycles. The summed E-state index contributed by atoms with van der Waals surface area (Å²) in [6, 6.07) is 16.4. The summed E-state index contributed by atoms with van der Waals surface area (Å²) in [7, 11) is 0. The third kappa shape index (κ3) is 2.38. The molecule has 0 bridgehead atoms. The minimum absolute atomic E-state index is 0.574. The SMILES string of the molecule is CCCNC(c1ccc2ccccc2c1)C1C2CCCC21. The zero-order valence-corrected chi connectivity index (χ0v) is 12.9. The molecule has 2 aromatic rings. The van der Waals surface area contributed by atoms with Crippen molar-refractivity contribution in [2.75, 3.05) is 6.54 Å². The van der Waals surface area contributed by atoms with Crippen LogP contribution in [0.4, 0.5) is 0 Å². The largest absolute Gasteiger partial charge is 0.310 e. The van der Waals surface area contributed by atoms with E-state index in [0.717, 1.165) is 24.3 Å². The molecule has 0 heterocycles. The maximum atomic E-state index is 3.84.